The van der Waals surface area contributed by atoms with Crippen molar-refractivity contribution in [2.24, 2.45) is 0 Å². The van der Waals surface area contributed by atoms with Gasteiger partial charge in [0.25, 0.3) is 11.8 Å². The predicted octanol–water partition coefficient (Wildman–Crippen LogP) is 0.768. The lowest BCUT2D eigenvalue weighted by Gasteiger charge is -2.10. The first-order valence-electron chi connectivity index (χ1n) is 9.29. The van der Waals surface area contributed by atoms with Crippen molar-refractivity contribution in [2.45, 2.75) is 25.8 Å². The van der Waals surface area contributed by atoms with Crippen molar-refractivity contribution in [2.75, 3.05) is 10.6 Å². The molecule has 1 aliphatic heterocycles. The van der Waals surface area contributed by atoms with E-state index >= 15 is 0 Å². The minimum Gasteiger partial charge on any atom is -0.367 e. The quantitative estimate of drug-likeness (QED) is 0.309. The van der Waals surface area contributed by atoms with Crippen LogP contribution in [-0.2, 0) is 4.79 Å². The van der Waals surface area contributed by atoms with Crippen LogP contribution in [-0.4, -0.2) is 48.7 Å². The number of nitrogens with zero attached hydrogens (tertiary/aromatic N) is 4. The van der Waals surface area contributed by atoms with Gasteiger partial charge in [-0.3, -0.25) is 20.0 Å². The molecule has 2 aliphatic rings. The van der Waals surface area contributed by atoms with E-state index in [1.54, 1.807) is 23.6 Å². The van der Waals surface area contributed by atoms with Crippen LogP contribution in [0.2, 0.25) is 0 Å². The summed E-state index contributed by atoms with van der Waals surface area (Å²) in [6.45, 7) is 1.78. The lowest BCUT2D eigenvalue weighted by molar-refractivity contribution is -0.115. The second kappa shape index (κ2) is 6.69. The Labute approximate surface area is 169 Å². The Morgan fingerprint density at radius 3 is 2.77 bits per heavy atom. The molecular formula is C18H17N9O3. The number of aromatic amines is 1. The van der Waals surface area contributed by atoms with Gasteiger partial charge in [-0.2, -0.15) is 14.7 Å². The third-order valence-electron chi connectivity index (χ3n) is 4.64. The molecule has 5 rings (SSSR count). The fourth-order valence-corrected chi connectivity index (χ4v) is 3.05. The molecule has 1 saturated heterocycles. The maximum atomic E-state index is 12.5. The van der Waals surface area contributed by atoms with E-state index in [1.165, 1.54) is 12.3 Å². The van der Waals surface area contributed by atoms with Crippen molar-refractivity contribution in [3.05, 3.63) is 41.0 Å². The first-order chi connectivity index (χ1) is 14.5. The summed E-state index contributed by atoms with van der Waals surface area (Å²) < 4.78 is 1.59. The lowest BCUT2D eigenvalue weighted by Crippen LogP contribution is -2.22. The molecule has 4 amide bonds. The maximum absolute atomic E-state index is 12.5. The monoisotopic (exact) mass is 407 g/mol. The molecule has 3 aromatic rings. The predicted molar refractivity (Wildman–Crippen MR) is 106 cm³/mol. The van der Waals surface area contributed by atoms with Crippen molar-refractivity contribution in [3.63, 3.8) is 0 Å². The third kappa shape index (κ3) is 3.34. The maximum Gasteiger partial charge on any atom is 0.326 e. The summed E-state index contributed by atoms with van der Waals surface area (Å²) in [4.78, 5) is 40.2. The number of carbonyl (C=O) groups is 3. The number of anilines is 2. The first-order valence-corrected chi connectivity index (χ1v) is 9.29. The fourth-order valence-electron chi connectivity index (χ4n) is 3.05. The van der Waals surface area contributed by atoms with Crippen molar-refractivity contribution in [1.82, 2.24) is 35.4 Å². The van der Waals surface area contributed by atoms with Gasteiger partial charge in [-0.25, -0.2) is 9.78 Å². The second-order valence-corrected chi connectivity index (χ2v) is 7.12. The Bertz CT molecular complexity index is 1230. The molecule has 4 heterocycles. The van der Waals surface area contributed by atoms with E-state index in [2.05, 4.69) is 41.5 Å². The molecule has 2 fully saturated rings. The Kier molecular flexibility index (Phi) is 3.98. The van der Waals surface area contributed by atoms with E-state index in [-0.39, 0.29) is 11.6 Å². The van der Waals surface area contributed by atoms with Crippen LogP contribution in [0.3, 0.4) is 0 Å². The summed E-state index contributed by atoms with van der Waals surface area (Å²) in [5, 5.41) is 21.7. The molecule has 0 atom stereocenters. The Morgan fingerprint density at radius 2 is 2.10 bits per heavy atom. The van der Waals surface area contributed by atoms with E-state index in [1.807, 2.05) is 0 Å². The van der Waals surface area contributed by atoms with Crippen LogP contribution in [0.4, 0.5) is 16.4 Å². The molecule has 12 heteroatoms. The van der Waals surface area contributed by atoms with E-state index < -0.39 is 11.9 Å². The summed E-state index contributed by atoms with van der Waals surface area (Å²) in [5.41, 5.74) is 2.02. The molecule has 0 unspecified atom stereocenters. The van der Waals surface area contributed by atoms with Gasteiger partial charge in [-0.1, -0.05) is 0 Å². The number of carbonyl (C=O) groups excluding carboxylic acids is 3. The van der Waals surface area contributed by atoms with Gasteiger partial charge in [0, 0.05) is 17.7 Å². The molecule has 3 aromatic heterocycles. The van der Waals surface area contributed by atoms with Crippen LogP contribution >= 0.6 is 0 Å². The highest BCUT2D eigenvalue weighted by Crippen LogP contribution is 2.27. The number of hydrogen-bond donors (Lipinski definition) is 5. The molecule has 152 valence electrons. The molecule has 0 aromatic carbocycles. The van der Waals surface area contributed by atoms with Crippen LogP contribution in [0.15, 0.2) is 24.0 Å². The minimum absolute atomic E-state index is 0.0933. The molecule has 0 radical (unpaired) electrons. The van der Waals surface area contributed by atoms with Crippen LogP contribution in [0.5, 0.6) is 0 Å². The summed E-state index contributed by atoms with van der Waals surface area (Å²) in [5.74, 6) is 0.0486. The Hall–Kier alpha value is -4.22. The number of hydrogen-bond acceptors (Lipinski definition) is 7. The Morgan fingerprint density at radius 1 is 1.27 bits per heavy atom. The summed E-state index contributed by atoms with van der Waals surface area (Å²) in [6, 6.07) is 3.07. The standard InChI is InChI=1S/C18H17N9O3/c1-8-4-12(26-25-8)17(29)23-13-6-14(20-10-2-3-10)27-15(22-13)9(7-19-27)5-11-16(28)24-18(30)21-11/h4-7,10,20H,2-3H2,1H3,(H,25,26)(H,22,23,29)(H2,21,24,28,30)/b11-5-. The normalized spacial score (nSPS) is 17.3. The molecule has 0 bridgehead atoms. The van der Waals surface area contributed by atoms with E-state index in [0.29, 0.717) is 40.3 Å². The smallest absolute Gasteiger partial charge is 0.326 e. The van der Waals surface area contributed by atoms with Gasteiger partial charge in [-0.05, 0) is 31.9 Å². The molecule has 1 aliphatic carbocycles. The van der Waals surface area contributed by atoms with Crippen LogP contribution < -0.4 is 21.3 Å². The molecule has 12 nitrogen and oxygen atoms in total. The molecule has 1 saturated carbocycles. The average Bonchev–Trinajstić information content (AvgIpc) is 3.10. The number of imide groups is 1. The van der Waals surface area contributed by atoms with Gasteiger partial charge in [0.2, 0.25) is 0 Å². The number of aryl methyl sites for hydroxylation is 1. The van der Waals surface area contributed by atoms with Crippen molar-refractivity contribution in [3.8, 4) is 0 Å². The number of amides is 4. The number of H-pyrrole nitrogens is 1. The fraction of sp³-hybridized carbons (Fsp3) is 0.222. The van der Waals surface area contributed by atoms with Gasteiger partial charge in [0.05, 0.1) is 11.9 Å². The largest absolute Gasteiger partial charge is 0.367 e. The second-order valence-electron chi connectivity index (χ2n) is 7.12. The highest BCUT2D eigenvalue weighted by atomic mass is 16.2. The number of aromatic nitrogens is 5. The van der Waals surface area contributed by atoms with Gasteiger partial charge >= 0.3 is 6.03 Å². The summed E-state index contributed by atoms with van der Waals surface area (Å²) >= 11 is 0. The van der Waals surface area contributed by atoms with Crippen LogP contribution in [0.25, 0.3) is 11.7 Å². The number of rotatable bonds is 5. The van der Waals surface area contributed by atoms with E-state index in [9.17, 15) is 14.4 Å². The highest BCUT2D eigenvalue weighted by Gasteiger charge is 2.25. The zero-order valence-electron chi connectivity index (χ0n) is 15.8. The Balaban J connectivity index is 1.54. The SMILES string of the molecule is Cc1cc(C(=O)Nc2cc(NC3CC3)n3ncc(/C=C4\NC(=O)NC4=O)c3n2)[nH]n1. The van der Waals surface area contributed by atoms with Crippen molar-refractivity contribution in [1.29, 1.82) is 0 Å². The first kappa shape index (κ1) is 17.8. The lowest BCUT2D eigenvalue weighted by atomic mass is 10.2. The molecule has 30 heavy (non-hydrogen) atoms. The molecular weight excluding hydrogens is 390 g/mol. The van der Waals surface area contributed by atoms with E-state index in [0.717, 1.165) is 12.8 Å². The average molecular weight is 407 g/mol. The number of fused-ring (bicyclic) bond motifs is 1. The summed E-state index contributed by atoms with van der Waals surface area (Å²) in [7, 11) is 0. The van der Waals surface area contributed by atoms with E-state index in [4.69, 9.17) is 0 Å². The topological polar surface area (TPSA) is 158 Å². The molecule has 5 N–H and O–H groups in total. The van der Waals surface area contributed by atoms with Gasteiger partial charge in [-0.15, -0.1) is 0 Å². The molecule has 0 spiro atoms. The number of urea groups is 1. The highest BCUT2D eigenvalue weighted by molar-refractivity contribution is 6.14. The third-order valence-corrected chi connectivity index (χ3v) is 4.64. The minimum atomic E-state index is -0.588. The van der Waals surface area contributed by atoms with Gasteiger partial charge in [0.1, 0.15) is 23.0 Å². The van der Waals surface area contributed by atoms with Crippen molar-refractivity contribution >= 4 is 41.2 Å². The van der Waals surface area contributed by atoms with Crippen molar-refractivity contribution < 1.29 is 14.4 Å². The van der Waals surface area contributed by atoms with Gasteiger partial charge in [0.15, 0.2) is 5.65 Å². The zero-order chi connectivity index (χ0) is 20.8. The van der Waals surface area contributed by atoms with Gasteiger partial charge < -0.3 is 16.0 Å². The summed E-state index contributed by atoms with van der Waals surface area (Å²) in [6.07, 6.45) is 5.11. The number of nitrogens with one attached hydrogen (secondary N) is 5. The zero-order valence-corrected chi connectivity index (χ0v) is 15.8. The van der Waals surface area contributed by atoms with Crippen LogP contribution in [0, 0.1) is 6.92 Å². The van der Waals surface area contributed by atoms with Crippen LogP contribution in [0.1, 0.15) is 34.6 Å².